The van der Waals surface area contributed by atoms with E-state index in [-0.39, 0.29) is 11.5 Å². The Bertz CT molecular complexity index is 506. The summed E-state index contributed by atoms with van der Waals surface area (Å²) in [4.78, 5) is 22.8. The summed E-state index contributed by atoms with van der Waals surface area (Å²) in [6.07, 6.45) is 3.19. The van der Waals surface area contributed by atoms with Crippen molar-refractivity contribution < 1.29 is 14.7 Å². The molecule has 1 aromatic carbocycles. The van der Waals surface area contributed by atoms with E-state index in [1.165, 1.54) is 12.1 Å². The summed E-state index contributed by atoms with van der Waals surface area (Å²) in [5.74, 6) is -0.603. The van der Waals surface area contributed by atoms with Crippen LogP contribution in [0.15, 0.2) is 22.7 Å². The van der Waals surface area contributed by atoms with Crippen molar-refractivity contribution in [2.45, 2.75) is 32.6 Å². The molecule has 1 aromatic rings. The molecule has 0 spiro atoms. The number of hydrogen-bond donors (Lipinski definition) is 3. The first-order chi connectivity index (χ1) is 9.97. The molecule has 5 nitrogen and oxygen atoms in total. The molecule has 0 radical (unpaired) electrons. The zero-order chi connectivity index (χ0) is 15.8. The Morgan fingerprint density at radius 2 is 2.10 bits per heavy atom. The van der Waals surface area contributed by atoms with Gasteiger partial charge in [0.25, 0.3) is 0 Å². The van der Waals surface area contributed by atoms with Gasteiger partial charge in [-0.2, -0.15) is 0 Å². The fraction of sp³-hybridized carbons (Fsp3) is 0.467. The summed E-state index contributed by atoms with van der Waals surface area (Å²) in [7, 11) is 0. The molecular formula is C15H21BrN2O3. The van der Waals surface area contributed by atoms with Crippen molar-refractivity contribution in [3.8, 4) is 0 Å². The lowest BCUT2D eigenvalue weighted by Crippen LogP contribution is -2.15. The van der Waals surface area contributed by atoms with Crippen LogP contribution in [0.5, 0.6) is 0 Å². The van der Waals surface area contributed by atoms with Gasteiger partial charge in [0.15, 0.2) is 0 Å². The molecule has 1 atom stereocenters. The van der Waals surface area contributed by atoms with Gasteiger partial charge in [-0.3, -0.25) is 4.79 Å². The predicted octanol–water partition coefficient (Wildman–Crippen LogP) is 3.24. The van der Waals surface area contributed by atoms with Gasteiger partial charge in [0, 0.05) is 10.9 Å². The number of carboxylic acids is 1. The number of anilines is 1. The zero-order valence-electron chi connectivity index (χ0n) is 12.1. The fourth-order valence-corrected chi connectivity index (χ4v) is 2.56. The Balaban J connectivity index is 2.57. The molecule has 0 saturated heterocycles. The van der Waals surface area contributed by atoms with Crippen LogP contribution in [0.4, 0.5) is 5.69 Å². The minimum atomic E-state index is -0.999. The van der Waals surface area contributed by atoms with Gasteiger partial charge in [-0.1, -0.05) is 13.3 Å². The largest absolute Gasteiger partial charge is 0.478 e. The summed E-state index contributed by atoms with van der Waals surface area (Å²) in [5, 5.41) is 11.7. The molecule has 0 saturated carbocycles. The number of nitrogens with one attached hydrogen (secondary N) is 1. The lowest BCUT2D eigenvalue weighted by atomic mass is 9.96. The molecule has 0 aliphatic rings. The normalized spacial score (nSPS) is 12.0. The second-order valence-corrected chi connectivity index (χ2v) is 5.79. The maximum Gasteiger partial charge on any atom is 0.335 e. The highest BCUT2D eigenvalue weighted by atomic mass is 79.9. The quantitative estimate of drug-likeness (QED) is 0.666. The number of carbonyl (C=O) groups excluding carboxylic acids is 1. The molecule has 0 heterocycles. The van der Waals surface area contributed by atoms with Crippen molar-refractivity contribution in [2.24, 2.45) is 11.7 Å². The van der Waals surface area contributed by atoms with E-state index in [2.05, 4.69) is 28.2 Å². The Labute approximate surface area is 133 Å². The minimum Gasteiger partial charge on any atom is -0.478 e. The van der Waals surface area contributed by atoms with Crippen LogP contribution in [0.25, 0.3) is 0 Å². The van der Waals surface area contributed by atoms with E-state index in [4.69, 9.17) is 10.8 Å². The van der Waals surface area contributed by atoms with E-state index in [1.54, 1.807) is 6.07 Å². The number of rotatable bonds is 8. The first-order valence-corrected chi connectivity index (χ1v) is 7.80. The molecule has 0 aliphatic carbocycles. The van der Waals surface area contributed by atoms with Crippen molar-refractivity contribution in [2.75, 3.05) is 11.9 Å². The third kappa shape index (κ3) is 5.85. The van der Waals surface area contributed by atoms with E-state index in [1.807, 2.05) is 0 Å². The molecule has 21 heavy (non-hydrogen) atoms. The van der Waals surface area contributed by atoms with Gasteiger partial charge in [0.05, 0.1) is 11.3 Å². The van der Waals surface area contributed by atoms with Crippen molar-refractivity contribution in [3.05, 3.63) is 28.2 Å². The van der Waals surface area contributed by atoms with E-state index in [0.29, 0.717) is 29.0 Å². The van der Waals surface area contributed by atoms with Crippen molar-refractivity contribution >= 4 is 33.5 Å². The van der Waals surface area contributed by atoms with Crippen LogP contribution in [0.1, 0.15) is 43.0 Å². The molecule has 6 heteroatoms. The van der Waals surface area contributed by atoms with Crippen LogP contribution in [-0.4, -0.2) is 23.5 Å². The second-order valence-electron chi connectivity index (χ2n) is 4.94. The SMILES string of the molecule is CCC(CCN)CCC(=O)Nc1ccc(C(=O)O)cc1Br. The molecule has 0 aromatic heterocycles. The van der Waals surface area contributed by atoms with Crippen LogP contribution in [0, 0.1) is 5.92 Å². The molecule has 0 aliphatic heterocycles. The Morgan fingerprint density at radius 1 is 1.38 bits per heavy atom. The highest BCUT2D eigenvalue weighted by Crippen LogP contribution is 2.24. The maximum absolute atomic E-state index is 11.9. The first kappa shape index (κ1) is 17.7. The van der Waals surface area contributed by atoms with Gasteiger partial charge in [-0.05, 0) is 59.4 Å². The van der Waals surface area contributed by atoms with E-state index < -0.39 is 5.97 Å². The van der Waals surface area contributed by atoms with E-state index >= 15 is 0 Å². The average Bonchev–Trinajstić information content (AvgIpc) is 2.45. The van der Waals surface area contributed by atoms with Crippen molar-refractivity contribution in [3.63, 3.8) is 0 Å². The van der Waals surface area contributed by atoms with Gasteiger partial charge < -0.3 is 16.2 Å². The first-order valence-electron chi connectivity index (χ1n) is 7.00. The van der Waals surface area contributed by atoms with Crippen LogP contribution in [0.3, 0.4) is 0 Å². The molecule has 4 N–H and O–H groups in total. The minimum absolute atomic E-state index is 0.0748. The number of benzene rings is 1. The Hall–Kier alpha value is -1.40. The summed E-state index contributed by atoms with van der Waals surface area (Å²) < 4.78 is 0.560. The number of hydrogen-bond acceptors (Lipinski definition) is 3. The third-order valence-electron chi connectivity index (χ3n) is 3.42. The summed E-state index contributed by atoms with van der Waals surface area (Å²) in [6.45, 7) is 2.74. The number of halogens is 1. The third-order valence-corrected chi connectivity index (χ3v) is 4.08. The van der Waals surface area contributed by atoms with E-state index in [9.17, 15) is 9.59 Å². The van der Waals surface area contributed by atoms with Gasteiger partial charge in [0.1, 0.15) is 0 Å². The second kappa shape index (κ2) is 8.79. The number of amides is 1. The molecule has 0 fully saturated rings. The summed E-state index contributed by atoms with van der Waals surface area (Å²) in [5.41, 5.74) is 6.29. The highest BCUT2D eigenvalue weighted by Gasteiger charge is 2.11. The fourth-order valence-electron chi connectivity index (χ4n) is 2.09. The van der Waals surface area contributed by atoms with Crippen LogP contribution in [-0.2, 0) is 4.79 Å². The lowest BCUT2D eigenvalue weighted by molar-refractivity contribution is -0.116. The highest BCUT2D eigenvalue weighted by molar-refractivity contribution is 9.10. The van der Waals surface area contributed by atoms with Crippen LogP contribution < -0.4 is 11.1 Å². The number of carboxylic acid groups (broad SMARTS) is 1. The Morgan fingerprint density at radius 3 is 2.62 bits per heavy atom. The monoisotopic (exact) mass is 356 g/mol. The summed E-state index contributed by atoms with van der Waals surface area (Å²) in [6, 6.07) is 4.52. The van der Waals surface area contributed by atoms with Gasteiger partial charge in [-0.25, -0.2) is 4.79 Å². The molecule has 1 rings (SSSR count). The van der Waals surface area contributed by atoms with Crippen molar-refractivity contribution in [1.82, 2.24) is 0 Å². The van der Waals surface area contributed by atoms with Gasteiger partial charge in [-0.15, -0.1) is 0 Å². The standard InChI is InChI=1S/C15H21BrN2O3/c1-2-10(7-8-17)3-6-14(19)18-13-5-4-11(15(20)21)9-12(13)16/h4-5,9-10H,2-3,6-8,17H2,1H3,(H,18,19)(H,20,21). The van der Waals surface area contributed by atoms with Crippen LogP contribution >= 0.6 is 15.9 Å². The number of carbonyl (C=O) groups is 2. The number of nitrogens with two attached hydrogens (primary N) is 1. The maximum atomic E-state index is 11.9. The van der Waals surface area contributed by atoms with Gasteiger partial charge >= 0.3 is 5.97 Å². The van der Waals surface area contributed by atoms with Crippen molar-refractivity contribution in [1.29, 1.82) is 0 Å². The summed E-state index contributed by atoms with van der Waals surface area (Å²) >= 11 is 3.27. The Kier molecular flexibility index (Phi) is 7.39. The zero-order valence-corrected chi connectivity index (χ0v) is 13.6. The van der Waals surface area contributed by atoms with Gasteiger partial charge in [0.2, 0.25) is 5.91 Å². The van der Waals surface area contributed by atoms with Crippen LogP contribution in [0.2, 0.25) is 0 Å². The topological polar surface area (TPSA) is 92.4 Å². The molecular weight excluding hydrogens is 336 g/mol. The molecule has 0 bridgehead atoms. The lowest BCUT2D eigenvalue weighted by Gasteiger charge is -2.13. The smallest absolute Gasteiger partial charge is 0.335 e. The number of aromatic carboxylic acids is 1. The molecule has 116 valence electrons. The van der Waals surface area contributed by atoms with E-state index in [0.717, 1.165) is 19.3 Å². The average molecular weight is 357 g/mol. The predicted molar refractivity (Wildman–Crippen MR) is 86.4 cm³/mol. The molecule has 1 amide bonds. The molecule has 1 unspecified atom stereocenters.